The molecule has 0 saturated heterocycles. The lowest BCUT2D eigenvalue weighted by molar-refractivity contribution is -0.0715. The average Bonchev–Trinajstić information content (AvgIpc) is 1.84. The van der Waals surface area contributed by atoms with Crippen LogP contribution in [-0.2, 0) is 9.57 Å². The Hall–Kier alpha value is -0.160. The minimum atomic E-state index is -0.579. The lowest BCUT2D eigenvalue weighted by Gasteiger charge is -2.25. The summed E-state index contributed by atoms with van der Waals surface area (Å²) in [6, 6.07) is 0. The van der Waals surface area contributed by atoms with Gasteiger partial charge in [-0.15, -0.1) is 0 Å². The van der Waals surface area contributed by atoms with Crippen LogP contribution in [0.4, 0.5) is 0 Å². The van der Waals surface area contributed by atoms with Crippen LogP contribution in [0.2, 0.25) is 0 Å². The Bertz CT molecular complexity index is 130. The van der Waals surface area contributed by atoms with E-state index in [0.717, 1.165) is 6.42 Å². The minimum Gasteiger partial charge on any atom is -0.361 e. The van der Waals surface area contributed by atoms with Crippen molar-refractivity contribution in [2.45, 2.75) is 45.4 Å². The van der Waals surface area contributed by atoms with Gasteiger partial charge in [-0.2, -0.15) is 0 Å². The van der Waals surface area contributed by atoms with Gasteiger partial charge in [-0.3, -0.25) is 4.84 Å². The number of hydrogen-bond acceptors (Lipinski definition) is 4. The second-order valence-corrected chi connectivity index (χ2v) is 4.08. The fourth-order valence-electron chi connectivity index (χ4n) is 0.619. The first-order valence-electron chi connectivity index (χ1n) is 4.07. The van der Waals surface area contributed by atoms with E-state index in [0.29, 0.717) is 6.61 Å². The Balaban J connectivity index is 3.57. The molecule has 0 rings (SSSR count). The van der Waals surface area contributed by atoms with Crippen LogP contribution < -0.4 is 11.6 Å². The topological polar surface area (TPSA) is 70.5 Å². The van der Waals surface area contributed by atoms with Crippen LogP contribution in [0.25, 0.3) is 0 Å². The summed E-state index contributed by atoms with van der Waals surface area (Å²) in [6.45, 7) is 7.97. The third kappa shape index (κ3) is 6.54. The molecule has 74 valence electrons. The van der Waals surface area contributed by atoms with Gasteiger partial charge >= 0.3 is 0 Å². The molecule has 12 heavy (non-hydrogen) atoms. The maximum atomic E-state index is 5.61. The number of nitrogens with two attached hydrogens (primary N) is 2. The molecule has 0 bridgehead atoms. The van der Waals surface area contributed by atoms with Gasteiger partial charge in [0.05, 0.1) is 12.2 Å². The lowest BCUT2D eigenvalue weighted by Crippen LogP contribution is -2.38. The fourth-order valence-corrected chi connectivity index (χ4v) is 0.619. The molecular formula is C8H20N2O2. The Kier molecular flexibility index (Phi) is 4.13. The molecule has 0 aromatic rings. The summed E-state index contributed by atoms with van der Waals surface area (Å²) < 4.78 is 5.31. The summed E-state index contributed by atoms with van der Waals surface area (Å²) in [5, 5.41) is 0. The van der Waals surface area contributed by atoms with Crippen molar-refractivity contribution < 1.29 is 9.57 Å². The molecule has 0 spiro atoms. The maximum absolute atomic E-state index is 5.61. The van der Waals surface area contributed by atoms with Crippen LogP contribution in [0.3, 0.4) is 0 Å². The maximum Gasteiger partial charge on any atom is 0.111 e. The van der Waals surface area contributed by atoms with E-state index < -0.39 is 5.72 Å². The van der Waals surface area contributed by atoms with E-state index in [9.17, 15) is 0 Å². The summed E-state index contributed by atoms with van der Waals surface area (Å²) >= 11 is 0. The third-order valence-electron chi connectivity index (χ3n) is 1.50. The highest BCUT2D eigenvalue weighted by atomic mass is 16.6. The van der Waals surface area contributed by atoms with Crippen LogP contribution in [0.15, 0.2) is 0 Å². The molecule has 4 heteroatoms. The summed E-state index contributed by atoms with van der Waals surface area (Å²) in [5.74, 6) is 5.07. The first kappa shape index (κ1) is 11.8. The molecule has 4 N–H and O–H groups in total. The molecule has 4 nitrogen and oxygen atoms in total. The summed E-state index contributed by atoms with van der Waals surface area (Å²) in [6.07, 6.45) is 0.726. The predicted octanol–water partition coefficient (Wildman–Crippen LogP) is 0.757. The van der Waals surface area contributed by atoms with Gasteiger partial charge in [0.1, 0.15) is 5.72 Å². The first-order chi connectivity index (χ1) is 5.27. The van der Waals surface area contributed by atoms with Gasteiger partial charge in [0.25, 0.3) is 0 Å². The SMILES string of the molecule is CC(C)(N)OCCC(C)(C)ON. The molecular weight excluding hydrogens is 156 g/mol. The van der Waals surface area contributed by atoms with Gasteiger partial charge in [-0.05, 0) is 27.7 Å². The molecule has 0 aliphatic rings. The molecule has 0 heterocycles. The van der Waals surface area contributed by atoms with Crippen molar-refractivity contribution in [2.75, 3.05) is 6.61 Å². The Morgan fingerprint density at radius 1 is 1.17 bits per heavy atom. The molecule has 0 radical (unpaired) electrons. The highest BCUT2D eigenvalue weighted by Crippen LogP contribution is 2.12. The lowest BCUT2D eigenvalue weighted by atomic mass is 10.1. The van der Waals surface area contributed by atoms with Gasteiger partial charge in [0.2, 0.25) is 0 Å². The molecule has 0 atom stereocenters. The second kappa shape index (κ2) is 4.18. The minimum absolute atomic E-state index is 0.342. The van der Waals surface area contributed by atoms with Crippen LogP contribution >= 0.6 is 0 Å². The van der Waals surface area contributed by atoms with Gasteiger partial charge in [-0.1, -0.05) is 0 Å². The van der Waals surface area contributed by atoms with Crippen LogP contribution in [-0.4, -0.2) is 17.9 Å². The van der Waals surface area contributed by atoms with E-state index in [1.54, 1.807) is 0 Å². The van der Waals surface area contributed by atoms with Crippen molar-refractivity contribution in [1.29, 1.82) is 0 Å². The number of rotatable bonds is 5. The zero-order valence-corrected chi connectivity index (χ0v) is 8.39. The van der Waals surface area contributed by atoms with E-state index >= 15 is 0 Å². The van der Waals surface area contributed by atoms with Gasteiger partial charge in [0.15, 0.2) is 0 Å². The van der Waals surface area contributed by atoms with E-state index in [2.05, 4.69) is 0 Å². The van der Waals surface area contributed by atoms with Crippen molar-refractivity contribution in [3.63, 3.8) is 0 Å². The van der Waals surface area contributed by atoms with Gasteiger partial charge in [0, 0.05) is 6.42 Å². The molecule has 0 fully saturated rings. The molecule has 0 aliphatic carbocycles. The van der Waals surface area contributed by atoms with E-state index in [-0.39, 0.29) is 5.60 Å². The Morgan fingerprint density at radius 2 is 1.67 bits per heavy atom. The van der Waals surface area contributed by atoms with Gasteiger partial charge in [-0.25, -0.2) is 5.90 Å². The van der Waals surface area contributed by atoms with E-state index in [1.165, 1.54) is 0 Å². The molecule has 0 aliphatic heterocycles. The van der Waals surface area contributed by atoms with E-state index in [1.807, 2.05) is 27.7 Å². The fraction of sp³-hybridized carbons (Fsp3) is 1.00. The van der Waals surface area contributed by atoms with Crippen molar-refractivity contribution in [1.82, 2.24) is 0 Å². The number of ether oxygens (including phenoxy) is 1. The third-order valence-corrected chi connectivity index (χ3v) is 1.50. The van der Waals surface area contributed by atoms with Crippen LogP contribution in [0.1, 0.15) is 34.1 Å². The monoisotopic (exact) mass is 176 g/mol. The summed E-state index contributed by atoms with van der Waals surface area (Å²) in [4.78, 5) is 4.73. The van der Waals surface area contributed by atoms with Crippen molar-refractivity contribution >= 4 is 0 Å². The average molecular weight is 176 g/mol. The normalized spacial score (nSPS) is 13.5. The Labute approximate surface area is 74.2 Å². The van der Waals surface area contributed by atoms with Crippen molar-refractivity contribution in [2.24, 2.45) is 11.6 Å². The summed E-state index contributed by atoms with van der Waals surface area (Å²) in [7, 11) is 0. The zero-order valence-electron chi connectivity index (χ0n) is 8.39. The molecule has 0 unspecified atom stereocenters. The second-order valence-electron chi connectivity index (χ2n) is 4.08. The zero-order chi connectivity index (χ0) is 9.83. The molecule has 0 saturated carbocycles. The van der Waals surface area contributed by atoms with Gasteiger partial charge < -0.3 is 10.5 Å². The molecule has 0 aromatic heterocycles. The number of hydrogen-bond donors (Lipinski definition) is 2. The van der Waals surface area contributed by atoms with Crippen LogP contribution in [0.5, 0.6) is 0 Å². The smallest absolute Gasteiger partial charge is 0.111 e. The largest absolute Gasteiger partial charge is 0.361 e. The van der Waals surface area contributed by atoms with Crippen molar-refractivity contribution in [3.05, 3.63) is 0 Å². The standard InChI is InChI=1S/C8H20N2O2/c1-7(2,12-10)5-6-11-8(3,4)9/h5-6,9-10H2,1-4H3. The molecule has 0 amide bonds. The van der Waals surface area contributed by atoms with Crippen LogP contribution in [0, 0.1) is 0 Å². The molecule has 0 aromatic carbocycles. The Morgan fingerprint density at radius 3 is 2.00 bits per heavy atom. The summed E-state index contributed by atoms with van der Waals surface area (Å²) in [5.41, 5.74) is 4.69. The van der Waals surface area contributed by atoms with Crippen molar-refractivity contribution in [3.8, 4) is 0 Å². The van der Waals surface area contributed by atoms with E-state index in [4.69, 9.17) is 21.2 Å². The quantitative estimate of drug-likeness (QED) is 0.479. The first-order valence-corrected chi connectivity index (χ1v) is 4.07. The highest BCUT2D eigenvalue weighted by molar-refractivity contribution is 4.67. The predicted molar refractivity (Wildman–Crippen MR) is 48.2 cm³/mol. The highest BCUT2D eigenvalue weighted by Gasteiger charge is 2.19.